The molecule has 2 aromatic rings. The number of aromatic nitrogens is 1. The number of nitrogens with one attached hydrogen (secondary N) is 1. The van der Waals surface area contributed by atoms with Crippen molar-refractivity contribution in [3.8, 4) is 0 Å². The van der Waals surface area contributed by atoms with E-state index in [-0.39, 0.29) is 49.5 Å². The second-order valence-corrected chi connectivity index (χ2v) is 12.8. The fraction of sp³-hybridized carbons (Fsp3) is 0.500. The van der Waals surface area contributed by atoms with Gasteiger partial charge in [0, 0.05) is 49.4 Å². The van der Waals surface area contributed by atoms with Crippen LogP contribution in [0.4, 0.5) is 13.2 Å². The van der Waals surface area contributed by atoms with Crippen LogP contribution < -0.4 is 5.32 Å². The Labute approximate surface area is 256 Å². The third-order valence-corrected chi connectivity index (χ3v) is 9.24. The van der Waals surface area contributed by atoms with E-state index in [4.69, 9.17) is 9.73 Å². The standard InChI is InChI=1S/C30H34F3N5O5S/c1-5-43-27(40)23-20(35-25(26-34-9-10-44-26)36-24(23)17-7-6-8-19(31)16(17)2)13-38-15-30(32,33)18-12-37(14-21(18)38)22(39)11-29(3,4)28(41)42/h6-10,18,21,24H,5,11-15H2,1-4H3,(H,35,36)(H,41,42)/t18?,21?,24-/m0/s1. The maximum atomic E-state index is 15.4. The van der Waals surface area contributed by atoms with E-state index in [1.165, 1.54) is 47.1 Å². The number of aliphatic carboxylic acids is 1. The van der Waals surface area contributed by atoms with E-state index in [1.54, 1.807) is 31.5 Å². The smallest absolute Gasteiger partial charge is 0.338 e. The Morgan fingerprint density at radius 1 is 1.25 bits per heavy atom. The predicted molar refractivity (Wildman–Crippen MR) is 156 cm³/mol. The highest BCUT2D eigenvalue weighted by molar-refractivity contribution is 7.11. The van der Waals surface area contributed by atoms with E-state index < -0.39 is 59.5 Å². The molecule has 2 fully saturated rings. The van der Waals surface area contributed by atoms with Crippen LogP contribution >= 0.6 is 11.3 Å². The first-order valence-electron chi connectivity index (χ1n) is 14.3. The summed E-state index contributed by atoms with van der Waals surface area (Å²) in [5.41, 5.74) is -0.306. The molecule has 14 heteroatoms. The molecule has 0 spiro atoms. The van der Waals surface area contributed by atoms with E-state index in [9.17, 15) is 23.9 Å². The maximum Gasteiger partial charge on any atom is 0.338 e. The van der Waals surface area contributed by atoms with Gasteiger partial charge in [0.25, 0.3) is 5.92 Å². The van der Waals surface area contributed by atoms with Gasteiger partial charge in [0.15, 0.2) is 10.8 Å². The number of fused-ring (bicyclic) bond motifs is 1. The molecule has 2 unspecified atom stereocenters. The third-order valence-electron chi connectivity index (χ3n) is 8.46. The third kappa shape index (κ3) is 5.96. The number of amidine groups is 1. The van der Waals surface area contributed by atoms with E-state index in [0.717, 1.165) is 0 Å². The van der Waals surface area contributed by atoms with Crippen LogP contribution in [0, 0.1) is 24.1 Å². The van der Waals surface area contributed by atoms with E-state index in [0.29, 0.717) is 16.4 Å². The molecule has 1 amide bonds. The zero-order chi connectivity index (χ0) is 32.0. The van der Waals surface area contributed by atoms with Gasteiger partial charge < -0.3 is 20.1 Å². The summed E-state index contributed by atoms with van der Waals surface area (Å²) in [6.07, 6.45) is 1.26. The second kappa shape index (κ2) is 12.0. The summed E-state index contributed by atoms with van der Waals surface area (Å²) in [5.74, 6) is -6.88. The van der Waals surface area contributed by atoms with Gasteiger partial charge in [0.2, 0.25) is 5.91 Å². The SMILES string of the molecule is CCOC(=O)C1=C(CN2CC(F)(F)C3CN(C(=O)CC(C)(C)C(=O)O)CC32)NC(c2nccs2)=N[C@H]1c1cccc(F)c1C. The van der Waals surface area contributed by atoms with Crippen LogP contribution in [-0.2, 0) is 19.1 Å². The van der Waals surface area contributed by atoms with Crippen LogP contribution in [0.15, 0.2) is 46.0 Å². The molecule has 0 bridgehead atoms. The van der Waals surface area contributed by atoms with Gasteiger partial charge in [-0.15, -0.1) is 11.3 Å². The molecule has 0 saturated carbocycles. The van der Waals surface area contributed by atoms with Gasteiger partial charge in [-0.2, -0.15) is 0 Å². The molecule has 5 rings (SSSR count). The number of carbonyl (C=O) groups excluding carboxylic acids is 2. The van der Waals surface area contributed by atoms with Gasteiger partial charge in [-0.25, -0.2) is 22.9 Å². The molecule has 3 aliphatic heterocycles. The average Bonchev–Trinajstić information content (AvgIpc) is 3.69. The van der Waals surface area contributed by atoms with Gasteiger partial charge >= 0.3 is 11.9 Å². The summed E-state index contributed by atoms with van der Waals surface area (Å²) in [6.45, 7) is 5.13. The molecular formula is C30H34F3N5O5S. The zero-order valence-corrected chi connectivity index (χ0v) is 25.6. The number of aliphatic imine (C=N–C) groups is 1. The zero-order valence-electron chi connectivity index (χ0n) is 24.8. The average molecular weight is 634 g/mol. The number of amides is 1. The van der Waals surface area contributed by atoms with Crippen molar-refractivity contribution in [2.75, 3.05) is 32.8 Å². The molecule has 0 radical (unpaired) electrons. The Bertz CT molecular complexity index is 1530. The number of rotatable bonds is 9. The fourth-order valence-electron chi connectivity index (χ4n) is 5.99. The lowest BCUT2D eigenvalue weighted by atomic mass is 9.89. The molecule has 1 aromatic heterocycles. The summed E-state index contributed by atoms with van der Waals surface area (Å²) in [4.78, 5) is 50.0. The normalized spacial score (nSPS) is 23.3. The summed E-state index contributed by atoms with van der Waals surface area (Å²) < 4.78 is 51.0. The number of carbonyl (C=O) groups is 3. The molecule has 3 aliphatic rings. The minimum Gasteiger partial charge on any atom is -0.481 e. The largest absolute Gasteiger partial charge is 0.481 e. The number of carboxylic acid groups (broad SMARTS) is 1. The Morgan fingerprint density at radius 3 is 2.66 bits per heavy atom. The Kier molecular flexibility index (Phi) is 8.60. The Balaban J connectivity index is 1.52. The molecule has 4 heterocycles. The number of esters is 1. The molecule has 10 nitrogen and oxygen atoms in total. The summed E-state index contributed by atoms with van der Waals surface area (Å²) in [7, 11) is 0. The van der Waals surface area contributed by atoms with Crippen molar-refractivity contribution in [1.82, 2.24) is 20.1 Å². The lowest BCUT2D eigenvalue weighted by molar-refractivity contribution is -0.151. The minimum atomic E-state index is -3.15. The highest BCUT2D eigenvalue weighted by Crippen LogP contribution is 2.44. The van der Waals surface area contributed by atoms with Gasteiger partial charge in [-0.1, -0.05) is 12.1 Å². The number of ether oxygens (including phenoxy) is 1. The number of thiazole rings is 1. The predicted octanol–water partition coefficient (Wildman–Crippen LogP) is 3.78. The molecule has 1 aromatic carbocycles. The molecule has 3 atom stereocenters. The fourth-order valence-corrected chi connectivity index (χ4v) is 6.57. The molecule has 236 valence electrons. The number of carboxylic acids is 1. The number of hydrogen-bond acceptors (Lipinski definition) is 9. The van der Waals surface area contributed by atoms with Gasteiger partial charge in [0.05, 0.1) is 30.1 Å². The molecule has 2 saturated heterocycles. The van der Waals surface area contributed by atoms with Crippen molar-refractivity contribution in [2.45, 2.75) is 52.1 Å². The van der Waals surface area contributed by atoms with Crippen LogP contribution in [0.2, 0.25) is 0 Å². The van der Waals surface area contributed by atoms with Crippen LogP contribution in [0.3, 0.4) is 0 Å². The highest BCUT2D eigenvalue weighted by atomic mass is 32.1. The lowest BCUT2D eigenvalue weighted by Gasteiger charge is -2.32. The van der Waals surface area contributed by atoms with Crippen molar-refractivity contribution in [3.63, 3.8) is 0 Å². The number of benzene rings is 1. The second-order valence-electron chi connectivity index (χ2n) is 11.9. The first kappa shape index (κ1) is 31.6. The quantitative estimate of drug-likeness (QED) is 0.400. The lowest BCUT2D eigenvalue weighted by Crippen LogP contribution is -2.44. The van der Waals surface area contributed by atoms with Crippen LogP contribution in [0.1, 0.15) is 49.4 Å². The minimum absolute atomic E-state index is 0.0172. The van der Waals surface area contributed by atoms with Gasteiger partial charge in [-0.05, 0) is 44.9 Å². The molecule has 44 heavy (non-hydrogen) atoms. The number of hydrogen-bond donors (Lipinski definition) is 2. The summed E-state index contributed by atoms with van der Waals surface area (Å²) in [6, 6.07) is 2.72. The van der Waals surface area contributed by atoms with Gasteiger partial charge in [-0.3, -0.25) is 19.5 Å². The monoisotopic (exact) mass is 633 g/mol. The van der Waals surface area contributed by atoms with Crippen molar-refractivity contribution in [3.05, 3.63) is 63.0 Å². The van der Waals surface area contributed by atoms with Crippen LogP contribution in [-0.4, -0.2) is 88.3 Å². The highest BCUT2D eigenvalue weighted by Gasteiger charge is 2.59. The molecule has 2 N–H and O–H groups in total. The number of halogens is 3. The molecule has 0 aliphatic carbocycles. The summed E-state index contributed by atoms with van der Waals surface area (Å²) >= 11 is 1.29. The summed E-state index contributed by atoms with van der Waals surface area (Å²) in [5, 5.41) is 14.8. The Morgan fingerprint density at radius 2 is 2.00 bits per heavy atom. The van der Waals surface area contributed by atoms with E-state index >= 15 is 8.78 Å². The molecular weight excluding hydrogens is 599 g/mol. The maximum absolute atomic E-state index is 15.4. The van der Waals surface area contributed by atoms with Crippen molar-refractivity contribution < 1.29 is 37.4 Å². The van der Waals surface area contributed by atoms with E-state index in [2.05, 4.69) is 10.3 Å². The van der Waals surface area contributed by atoms with Crippen LogP contribution in [0.25, 0.3) is 0 Å². The number of likely N-dealkylation sites (tertiary alicyclic amines) is 2. The van der Waals surface area contributed by atoms with Crippen molar-refractivity contribution in [2.24, 2.45) is 16.3 Å². The Hall–Kier alpha value is -3.78. The first-order valence-corrected chi connectivity index (χ1v) is 15.1. The van der Waals surface area contributed by atoms with Crippen molar-refractivity contribution in [1.29, 1.82) is 0 Å². The van der Waals surface area contributed by atoms with E-state index in [1.807, 2.05) is 0 Å². The van der Waals surface area contributed by atoms with Crippen molar-refractivity contribution >= 4 is 35.0 Å². The topological polar surface area (TPSA) is 124 Å². The van der Waals surface area contributed by atoms with Crippen LogP contribution in [0.5, 0.6) is 0 Å². The number of alkyl halides is 2. The number of nitrogens with zero attached hydrogens (tertiary/aromatic N) is 4. The first-order chi connectivity index (χ1) is 20.7. The van der Waals surface area contributed by atoms with Gasteiger partial charge in [0.1, 0.15) is 11.9 Å².